The van der Waals surface area contributed by atoms with E-state index in [-0.39, 0.29) is 0 Å². The molecule has 19 heavy (non-hydrogen) atoms. The number of nitrogens with one attached hydrogen (secondary N) is 1. The first-order valence-corrected chi connectivity index (χ1v) is 7.76. The van der Waals surface area contributed by atoms with Gasteiger partial charge in [0.25, 0.3) is 0 Å². The Morgan fingerprint density at radius 1 is 1.26 bits per heavy atom. The second-order valence-corrected chi connectivity index (χ2v) is 6.44. The van der Waals surface area contributed by atoms with E-state index in [1.54, 1.807) is 0 Å². The normalized spacial score (nSPS) is 29.2. The number of hydrogen-bond acceptors (Lipinski definition) is 2. The van der Waals surface area contributed by atoms with Crippen LogP contribution in [0.4, 0.5) is 0 Å². The van der Waals surface area contributed by atoms with E-state index in [1.807, 2.05) is 6.20 Å². The fourth-order valence-corrected chi connectivity index (χ4v) is 3.82. The molecule has 1 aliphatic carbocycles. The van der Waals surface area contributed by atoms with Crippen LogP contribution in [0.3, 0.4) is 0 Å². The van der Waals surface area contributed by atoms with Gasteiger partial charge in [-0.25, -0.2) is 0 Å². The number of aryl methyl sites for hydroxylation is 1. The molecule has 0 aromatic carbocycles. The summed E-state index contributed by atoms with van der Waals surface area (Å²) in [5.74, 6) is 2.48. The highest BCUT2D eigenvalue weighted by Crippen LogP contribution is 2.39. The molecule has 2 nitrogen and oxygen atoms in total. The van der Waals surface area contributed by atoms with Crippen LogP contribution in [0.15, 0.2) is 18.3 Å². The Kier molecular flexibility index (Phi) is 4.98. The van der Waals surface area contributed by atoms with Gasteiger partial charge in [-0.05, 0) is 68.2 Å². The van der Waals surface area contributed by atoms with Crippen LogP contribution in [0.5, 0.6) is 0 Å². The molecule has 3 atom stereocenters. The summed E-state index contributed by atoms with van der Waals surface area (Å²) in [5, 5.41) is 3.71. The molecule has 1 saturated carbocycles. The van der Waals surface area contributed by atoms with Gasteiger partial charge in [0, 0.05) is 17.9 Å². The maximum Gasteiger partial charge on any atom is 0.0375 e. The van der Waals surface area contributed by atoms with Crippen LogP contribution in [-0.2, 0) is 0 Å². The molecule has 0 bridgehead atoms. The number of hydrogen-bond donors (Lipinski definition) is 1. The summed E-state index contributed by atoms with van der Waals surface area (Å²) >= 11 is 0. The van der Waals surface area contributed by atoms with Gasteiger partial charge in [-0.15, -0.1) is 0 Å². The summed E-state index contributed by atoms with van der Waals surface area (Å²) in [6.45, 7) is 10.1. The molecule has 0 spiro atoms. The molecule has 106 valence electrons. The van der Waals surface area contributed by atoms with E-state index >= 15 is 0 Å². The van der Waals surface area contributed by atoms with Gasteiger partial charge < -0.3 is 5.32 Å². The van der Waals surface area contributed by atoms with Gasteiger partial charge in [-0.2, -0.15) is 0 Å². The van der Waals surface area contributed by atoms with Crippen molar-refractivity contribution in [2.24, 2.45) is 17.8 Å². The molecular formula is C17H28N2. The maximum atomic E-state index is 4.33. The van der Waals surface area contributed by atoms with Gasteiger partial charge in [-0.3, -0.25) is 4.98 Å². The Hall–Kier alpha value is -0.890. The second-order valence-electron chi connectivity index (χ2n) is 6.44. The summed E-state index contributed by atoms with van der Waals surface area (Å²) < 4.78 is 0. The summed E-state index contributed by atoms with van der Waals surface area (Å²) in [7, 11) is 0. The van der Waals surface area contributed by atoms with Crippen LogP contribution >= 0.6 is 0 Å². The first-order valence-electron chi connectivity index (χ1n) is 7.76. The predicted octanol–water partition coefficient (Wildman–Crippen LogP) is 4.11. The highest BCUT2D eigenvalue weighted by molar-refractivity contribution is 5.20. The first kappa shape index (κ1) is 14.5. The van der Waals surface area contributed by atoms with E-state index in [1.165, 1.54) is 24.8 Å². The van der Waals surface area contributed by atoms with Crippen molar-refractivity contribution in [2.45, 2.75) is 53.0 Å². The second kappa shape index (κ2) is 6.51. The van der Waals surface area contributed by atoms with Crippen LogP contribution in [0.25, 0.3) is 0 Å². The Morgan fingerprint density at radius 2 is 1.95 bits per heavy atom. The van der Waals surface area contributed by atoms with E-state index in [2.05, 4.69) is 50.1 Å². The highest BCUT2D eigenvalue weighted by Gasteiger charge is 2.30. The fraction of sp³-hybridized carbons (Fsp3) is 0.706. The zero-order valence-electron chi connectivity index (χ0n) is 12.8. The van der Waals surface area contributed by atoms with Crippen molar-refractivity contribution >= 4 is 0 Å². The molecular weight excluding hydrogens is 232 g/mol. The van der Waals surface area contributed by atoms with Gasteiger partial charge in [0.15, 0.2) is 0 Å². The van der Waals surface area contributed by atoms with Crippen LogP contribution in [0.1, 0.15) is 57.3 Å². The molecule has 3 unspecified atom stereocenters. The van der Waals surface area contributed by atoms with Crippen LogP contribution < -0.4 is 5.32 Å². The maximum absolute atomic E-state index is 4.33. The molecule has 2 rings (SSSR count). The fourth-order valence-electron chi connectivity index (χ4n) is 3.82. The topological polar surface area (TPSA) is 24.9 Å². The molecule has 1 aliphatic rings. The zero-order chi connectivity index (χ0) is 13.8. The molecule has 0 radical (unpaired) electrons. The van der Waals surface area contributed by atoms with Crippen molar-refractivity contribution < 1.29 is 0 Å². The van der Waals surface area contributed by atoms with Crippen molar-refractivity contribution in [2.75, 3.05) is 6.54 Å². The lowest BCUT2D eigenvalue weighted by Crippen LogP contribution is -2.33. The third kappa shape index (κ3) is 3.79. The summed E-state index contributed by atoms with van der Waals surface area (Å²) in [5.41, 5.74) is 2.54. The van der Waals surface area contributed by atoms with Crippen molar-refractivity contribution in [3.8, 4) is 0 Å². The lowest BCUT2D eigenvalue weighted by Gasteiger charge is -2.37. The van der Waals surface area contributed by atoms with E-state index in [0.29, 0.717) is 6.04 Å². The average Bonchev–Trinajstić information content (AvgIpc) is 2.34. The largest absolute Gasteiger partial charge is 0.310 e. The van der Waals surface area contributed by atoms with Gasteiger partial charge in [0.05, 0.1) is 0 Å². The molecule has 0 aliphatic heterocycles. The van der Waals surface area contributed by atoms with Crippen molar-refractivity contribution in [1.29, 1.82) is 0 Å². The smallest absolute Gasteiger partial charge is 0.0375 e. The van der Waals surface area contributed by atoms with E-state index in [9.17, 15) is 0 Å². The van der Waals surface area contributed by atoms with E-state index in [0.717, 1.165) is 30.0 Å². The van der Waals surface area contributed by atoms with Crippen molar-refractivity contribution in [3.05, 3.63) is 29.6 Å². The Balaban J connectivity index is 2.19. The summed E-state index contributed by atoms with van der Waals surface area (Å²) in [4.78, 5) is 4.33. The minimum Gasteiger partial charge on any atom is -0.310 e. The van der Waals surface area contributed by atoms with Gasteiger partial charge in [0.2, 0.25) is 0 Å². The standard InChI is InChI=1S/C17H28N2/c1-5-18-17(15-6-7-19-14(4)11-15)16-9-12(2)8-13(3)10-16/h6-7,11-13,16-18H,5,8-10H2,1-4H3. The lowest BCUT2D eigenvalue weighted by molar-refractivity contribution is 0.177. The minimum atomic E-state index is 0.497. The van der Waals surface area contributed by atoms with Crippen molar-refractivity contribution in [3.63, 3.8) is 0 Å². The van der Waals surface area contributed by atoms with E-state index < -0.39 is 0 Å². The van der Waals surface area contributed by atoms with Crippen LogP contribution in [-0.4, -0.2) is 11.5 Å². The van der Waals surface area contributed by atoms with Gasteiger partial charge in [-0.1, -0.05) is 20.8 Å². The molecule has 1 N–H and O–H groups in total. The number of pyridine rings is 1. The Bertz CT molecular complexity index is 392. The molecule has 1 fully saturated rings. The van der Waals surface area contributed by atoms with Gasteiger partial charge >= 0.3 is 0 Å². The molecule has 1 aromatic rings. The quantitative estimate of drug-likeness (QED) is 0.881. The van der Waals surface area contributed by atoms with Crippen molar-refractivity contribution in [1.82, 2.24) is 10.3 Å². The highest BCUT2D eigenvalue weighted by atomic mass is 14.9. The predicted molar refractivity (Wildman–Crippen MR) is 81.1 cm³/mol. The van der Waals surface area contributed by atoms with Crippen LogP contribution in [0.2, 0.25) is 0 Å². The van der Waals surface area contributed by atoms with Crippen LogP contribution in [0, 0.1) is 24.7 Å². The summed E-state index contributed by atoms with van der Waals surface area (Å²) in [6.07, 6.45) is 6.04. The number of aromatic nitrogens is 1. The Labute approximate surface area is 118 Å². The third-order valence-corrected chi connectivity index (χ3v) is 4.39. The average molecular weight is 260 g/mol. The SMILES string of the molecule is CCNC(c1ccnc(C)c1)C1CC(C)CC(C)C1. The lowest BCUT2D eigenvalue weighted by atomic mass is 9.72. The summed E-state index contributed by atoms with van der Waals surface area (Å²) in [6, 6.07) is 4.93. The number of rotatable bonds is 4. The molecule has 2 heteroatoms. The molecule has 0 saturated heterocycles. The number of nitrogens with zero attached hydrogens (tertiary/aromatic N) is 1. The third-order valence-electron chi connectivity index (χ3n) is 4.39. The Morgan fingerprint density at radius 3 is 2.53 bits per heavy atom. The van der Waals surface area contributed by atoms with E-state index in [4.69, 9.17) is 0 Å². The zero-order valence-corrected chi connectivity index (χ0v) is 12.8. The first-order chi connectivity index (χ1) is 9.10. The monoisotopic (exact) mass is 260 g/mol. The van der Waals surface area contributed by atoms with Gasteiger partial charge in [0.1, 0.15) is 0 Å². The molecule has 1 heterocycles. The molecule has 0 amide bonds. The molecule has 1 aromatic heterocycles. The minimum absolute atomic E-state index is 0.497.